The van der Waals surface area contributed by atoms with Crippen molar-refractivity contribution in [3.63, 3.8) is 0 Å². The molecule has 0 amide bonds. The molecule has 1 aromatic rings. The molecule has 0 heteroatoms. The van der Waals surface area contributed by atoms with Gasteiger partial charge in [0.1, 0.15) is 0 Å². The summed E-state index contributed by atoms with van der Waals surface area (Å²) in [5, 5.41) is 0. The predicted molar refractivity (Wildman–Crippen MR) is 89.2 cm³/mol. The van der Waals surface area contributed by atoms with E-state index in [1.54, 1.807) is 5.56 Å². The summed E-state index contributed by atoms with van der Waals surface area (Å²) < 4.78 is 0. The molecule has 0 N–H and O–H groups in total. The smallest absolute Gasteiger partial charge is 0.0134 e. The normalized spacial score (nSPS) is 26.6. The van der Waals surface area contributed by atoms with E-state index in [2.05, 4.69) is 45.0 Å². The highest BCUT2D eigenvalue weighted by Crippen LogP contribution is 2.40. The number of benzene rings is 1. The molecule has 3 unspecified atom stereocenters. The molecule has 0 aliphatic heterocycles. The average Bonchev–Trinajstić information content (AvgIpc) is 2.47. The topological polar surface area (TPSA) is 0 Å². The molecule has 0 radical (unpaired) electrons. The highest BCUT2D eigenvalue weighted by molar-refractivity contribution is 5.26. The molecule has 1 fully saturated rings. The van der Waals surface area contributed by atoms with Crippen LogP contribution in [0.15, 0.2) is 24.3 Å². The van der Waals surface area contributed by atoms with Gasteiger partial charge in [-0.25, -0.2) is 0 Å². The average molecular weight is 272 g/mol. The van der Waals surface area contributed by atoms with E-state index in [-0.39, 0.29) is 0 Å². The van der Waals surface area contributed by atoms with Gasteiger partial charge in [-0.05, 0) is 48.1 Å². The molecule has 0 nitrogen and oxygen atoms in total. The molecule has 0 saturated heterocycles. The Morgan fingerprint density at radius 2 is 1.70 bits per heavy atom. The van der Waals surface area contributed by atoms with Crippen molar-refractivity contribution >= 4 is 0 Å². The summed E-state index contributed by atoms with van der Waals surface area (Å²) in [7, 11) is 0. The summed E-state index contributed by atoms with van der Waals surface area (Å²) in [6.07, 6.45) is 10.9. The molecule has 112 valence electrons. The molecule has 2 rings (SSSR count). The zero-order chi connectivity index (χ0) is 14.4. The van der Waals surface area contributed by atoms with Crippen molar-refractivity contribution in [1.82, 2.24) is 0 Å². The van der Waals surface area contributed by atoms with Crippen molar-refractivity contribution in [3.05, 3.63) is 35.4 Å². The largest absolute Gasteiger partial charge is 0.0654 e. The van der Waals surface area contributed by atoms with Crippen molar-refractivity contribution in [3.8, 4) is 0 Å². The monoisotopic (exact) mass is 272 g/mol. The molecule has 0 bridgehead atoms. The summed E-state index contributed by atoms with van der Waals surface area (Å²) in [6.45, 7) is 7.16. The fourth-order valence-electron chi connectivity index (χ4n) is 3.74. The van der Waals surface area contributed by atoms with Crippen LogP contribution in [0.5, 0.6) is 0 Å². The van der Waals surface area contributed by atoms with E-state index in [1.807, 2.05) is 0 Å². The molecule has 20 heavy (non-hydrogen) atoms. The van der Waals surface area contributed by atoms with Crippen LogP contribution in [0, 0.1) is 11.8 Å². The second-order valence-corrected chi connectivity index (χ2v) is 6.93. The number of hydrogen-bond donors (Lipinski definition) is 0. The van der Waals surface area contributed by atoms with Crippen molar-refractivity contribution < 1.29 is 0 Å². The summed E-state index contributed by atoms with van der Waals surface area (Å²) in [5.41, 5.74) is 3.11. The van der Waals surface area contributed by atoms with Gasteiger partial charge in [-0.1, -0.05) is 77.1 Å². The Labute approximate surface area is 126 Å². The molecule has 1 aromatic carbocycles. The number of rotatable bonds is 6. The summed E-state index contributed by atoms with van der Waals surface area (Å²) >= 11 is 0. The van der Waals surface area contributed by atoms with Crippen LogP contribution in [0.1, 0.15) is 82.8 Å². The quantitative estimate of drug-likeness (QED) is 0.529. The van der Waals surface area contributed by atoms with Gasteiger partial charge in [-0.2, -0.15) is 0 Å². The summed E-state index contributed by atoms with van der Waals surface area (Å²) in [6, 6.07) is 9.59. The molecule has 3 atom stereocenters. The number of unbranched alkanes of at least 4 members (excludes halogenated alkanes) is 3. The zero-order valence-corrected chi connectivity index (χ0v) is 13.7. The predicted octanol–water partition coefficient (Wildman–Crippen LogP) is 6.35. The third kappa shape index (κ3) is 4.11. The Morgan fingerprint density at radius 1 is 0.950 bits per heavy atom. The van der Waals surface area contributed by atoms with E-state index in [9.17, 15) is 0 Å². The van der Waals surface area contributed by atoms with Gasteiger partial charge in [0.05, 0.1) is 0 Å². The Balaban J connectivity index is 1.90. The first-order valence-corrected chi connectivity index (χ1v) is 8.81. The van der Waals surface area contributed by atoms with Crippen molar-refractivity contribution in [2.75, 3.05) is 0 Å². The van der Waals surface area contributed by atoms with Crippen LogP contribution in [0.2, 0.25) is 0 Å². The Kier molecular flexibility index (Phi) is 6.13. The van der Waals surface area contributed by atoms with E-state index in [1.165, 1.54) is 56.9 Å². The first-order valence-electron chi connectivity index (χ1n) is 8.81. The molecule has 0 aromatic heterocycles. The van der Waals surface area contributed by atoms with Gasteiger partial charge in [0.2, 0.25) is 0 Å². The molecular weight excluding hydrogens is 240 g/mol. The highest BCUT2D eigenvalue weighted by atomic mass is 14.3. The Bertz CT molecular complexity index is 376. The van der Waals surface area contributed by atoms with Gasteiger partial charge < -0.3 is 0 Å². The standard InChI is InChI=1S/C20H32/c1-4-5-6-7-10-18-12-14-19(15-13-18)20-11-8-9-16(2)17(20)3/h12-17,20H,4-11H2,1-3H3. The molecule has 1 saturated carbocycles. The van der Waals surface area contributed by atoms with Crippen LogP contribution in [0.3, 0.4) is 0 Å². The SMILES string of the molecule is CCCCCCc1ccc(C2CCCC(C)C2C)cc1. The summed E-state index contributed by atoms with van der Waals surface area (Å²) in [4.78, 5) is 0. The number of aryl methyl sites for hydroxylation is 1. The lowest BCUT2D eigenvalue weighted by atomic mass is 9.71. The second kappa shape index (κ2) is 7.86. The van der Waals surface area contributed by atoms with Crippen LogP contribution >= 0.6 is 0 Å². The van der Waals surface area contributed by atoms with Crippen LogP contribution < -0.4 is 0 Å². The van der Waals surface area contributed by atoms with Gasteiger partial charge in [0.15, 0.2) is 0 Å². The lowest BCUT2D eigenvalue weighted by molar-refractivity contribution is 0.238. The minimum Gasteiger partial charge on any atom is -0.0654 e. The zero-order valence-electron chi connectivity index (χ0n) is 13.7. The Hall–Kier alpha value is -0.780. The first-order chi connectivity index (χ1) is 9.72. The third-order valence-electron chi connectivity index (χ3n) is 5.43. The minimum atomic E-state index is 0.799. The molecule has 1 aliphatic rings. The highest BCUT2D eigenvalue weighted by Gasteiger charge is 2.27. The van der Waals surface area contributed by atoms with Crippen molar-refractivity contribution in [2.24, 2.45) is 11.8 Å². The molecular formula is C20H32. The summed E-state index contributed by atoms with van der Waals surface area (Å²) in [5.74, 6) is 2.54. The Morgan fingerprint density at radius 3 is 2.40 bits per heavy atom. The van der Waals surface area contributed by atoms with E-state index < -0.39 is 0 Å². The fourth-order valence-corrected chi connectivity index (χ4v) is 3.74. The fraction of sp³-hybridized carbons (Fsp3) is 0.700. The first kappa shape index (κ1) is 15.6. The van der Waals surface area contributed by atoms with Gasteiger partial charge in [0, 0.05) is 0 Å². The van der Waals surface area contributed by atoms with Gasteiger partial charge in [-0.15, -0.1) is 0 Å². The molecule has 0 spiro atoms. The van der Waals surface area contributed by atoms with Gasteiger partial charge in [0.25, 0.3) is 0 Å². The van der Waals surface area contributed by atoms with Crippen LogP contribution in [-0.2, 0) is 6.42 Å². The maximum atomic E-state index is 2.45. The minimum absolute atomic E-state index is 0.799. The third-order valence-corrected chi connectivity index (χ3v) is 5.43. The second-order valence-electron chi connectivity index (χ2n) is 6.93. The lowest BCUT2D eigenvalue weighted by Crippen LogP contribution is -2.22. The lowest BCUT2D eigenvalue weighted by Gasteiger charge is -2.34. The number of hydrogen-bond acceptors (Lipinski definition) is 0. The van der Waals surface area contributed by atoms with Crippen LogP contribution in [0.4, 0.5) is 0 Å². The maximum absolute atomic E-state index is 2.45. The molecule has 0 heterocycles. The van der Waals surface area contributed by atoms with E-state index in [0.29, 0.717) is 0 Å². The maximum Gasteiger partial charge on any atom is -0.0134 e. The van der Waals surface area contributed by atoms with E-state index >= 15 is 0 Å². The van der Waals surface area contributed by atoms with E-state index in [0.717, 1.165) is 17.8 Å². The van der Waals surface area contributed by atoms with E-state index in [4.69, 9.17) is 0 Å². The molecule has 1 aliphatic carbocycles. The van der Waals surface area contributed by atoms with Gasteiger partial charge >= 0.3 is 0 Å². The van der Waals surface area contributed by atoms with Crippen molar-refractivity contribution in [2.45, 2.75) is 78.1 Å². The van der Waals surface area contributed by atoms with Crippen molar-refractivity contribution in [1.29, 1.82) is 0 Å². The van der Waals surface area contributed by atoms with Gasteiger partial charge in [-0.3, -0.25) is 0 Å². The van der Waals surface area contributed by atoms with Crippen LogP contribution in [-0.4, -0.2) is 0 Å². The van der Waals surface area contributed by atoms with Crippen LogP contribution in [0.25, 0.3) is 0 Å².